The molecule has 4 nitrogen and oxygen atoms in total. The average Bonchev–Trinajstić information content (AvgIpc) is 2.17. The van der Waals surface area contributed by atoms with Crippen LogP contribution < -0.4 is 0 Å². The zero-order valence-electron chi connectivity index (χ0n) is 7.52. The third-order valence-electron chi connectivity index (χ3n) is 1.77. The van der Waals surface area contributed by atoms with Crippen LogP contribution in [-0.2, 0) is 0 Å². The zero-order valence-corrected chi connectivity index (χ0v) is 7.52. The summed E-state index contributed by atoms with van der Waals surface area (Å²) in [4.78, 5) is 25.1. The summed E-state index contributed by atoms with van der Waals surface area (Å²) in [5.74, 6) is -0.0400. The fourth-order valence-corrected chi connectivity index (χ4v) is 0.950. The lowest BCUT2D eigenvalue weighted by molar-refractivity contribution is 0.101. The van der Waals surface area contributed by atoms with E-state index in [9.17, 15) is 9.70 Å². The van der Waals surface area contributed by atoms with Crippen molar-refractivity contribution in [2.75, 3.05) is 0 Å². The summed E-state index contributed by atoms with van der Waals surface area (Å²) in [5, 5.41) is 2.84. The highest BCUT2D eigenvalue weighted by atomic mass is 16.3. The number of carbonyl (C=O) groups excluding carboxylic acids is 1. The molecule has 0 amide bonds. The number of nitrogens with zero attached hydrogens (tertiary/aromatic N) is 2. The fraction of sp³-hybridized carbons (Fsp3) is 0.333. The molecule has 0 aromatic carbocycles. The number of aromatic nitrogens is 1. The summed E-state index contributed by atoms with van der Waals surface area (Å²) in [6, 6.07) is 2.71. The predicted octanol–water partition coefficient (Wildman–Crippen LogP) is 2.11. The maximum absolute atomic E-state index is 11.0. The molecule has 0 aliphatic carbocycles. The molecule has 1 aromatic heterocycles. The van der Waals surface area contributed by atoms with Crippen LogP contribution in [0, 0.1) is 4.91 Å². The second-order valence-corrected chi connectivity index (χ2v) is 2.81. The molecule has 1 atom stereocenters. The molecular weight excluding hydrogens is 168 g/mol. The standard InChI is InChI=1S/C9H10N2O2/c1-6(11-13)9-5-8(7(2)12)3-4-10-9/h3-6H,1-2H3. The van der Waals surface area contributed by atoms with Crippen LogP contribution in [-0.4, -0.2) is 10.8 Å². The average molecular weight is 178 g/mol. The van der Waals surface area contributed by atoms with E-state index in [1.807, 2.05) is 0 Å². The number of hydrogen-bond acceptors (Lipinski definition) is 4. The number of pyridine rings is 1. The van der Waals surface area contributed by atoms with Gasteiger partial charge in [-0.1, -0.05) is 5.18 Å². The second kappa shape index (κ2) is 3.89. The number of nitroso groups, excluding NO2 is 1. The maximum Gasteiger partial charge on any atom is 0.159 e. The highest BCUT2D eigenvalue weighted by molar-refractivity contribution is 5.94. The molecule has 1 heterocycles. The minimum Gasteiger partial charge on any atom is -0.295 e. The van der Waals surface area contributed by atoms with Crippen molar-refractivity contribution in [3.8, 4) is 0 Å². The van der Waals surface area contributed by atoms with Gasteiger partial charge in [0.05, 0.1) is 5.69 Å². The molecule has 0 bridgehead atoms. The third kappa shape index (κ3) is 2.18. The molecule has 1 aromatic rings. The summed E-state index contributed by atoms with van der Waals surface area (Å²) < 4.78 is 0. The van der Waals surface area contributed by atoms with E-state index < -0.39 is 6.04 Å². The van der Waals surface area contributed by atoms with Crippen molar-refractivity contribution in [3.63, 3.8) is 0 Å². The van der Waals surface area contributed by atoms with E-state index in [0.29, 0.717) is 11.3 Å². The Kier molecular flexibility index (Phi) is 2.84. The Hall–Kier alpha value is -1.58. The van der Waals surface area contributed by atoms with E-state index in [0.717, 1.165) is 0 Å². The summed E-state index contributed by atoms with van der Waals surface area (Å²) in [6.07, 6.45) is 1.51. The van der Waals surface area contributed by atoms with Crippen LogP contribution in [0.15, 0.2) is 23.5 Å². The van der Waals surface area contributed by atoms with Gasteiger partial charge in [-0.3, -0.25) is 9.78 Å². The first kappa shape index (κ1) is 9.51. The molecule has 0 aliphatic heterocycles. The summed E-state index contributed by atoms with van der Waals surface area (Å²) >= 11 is 0. The van der Waals surface area contributed by atoms with Crippen LogP contribution in [0.1, 0.15) is 35.9 Å². The SMILES string of the molecule is CC(=O)c1ccnc(C(C)N=O)c1. The smallest absolute Gasteiger partial charge is 0.159 e. The van der Waals surface area contributed by atoms with Crippen LogP contribution in [0.25, 0.3) is 0 Å². The first-order valence-electron chi connectivity index (χ1n) is 3.94. The summed E-state index contributed by atoms with van der Waals surface area (Å²) in [5.41, 5.74) is 1.09. The molecule has 0 fully saturated rings. The minimum absolute atomic E-state index is 0.0400. The number of Topliss-reactive ketones (excluding diaryl/α,β-unsaturated/α-hetero) is 1. The van der Waals surface area contributed by atoms with Crippen molar-refractivity contribution in [1.82, 2.24) is 4.98 Å². The first-order chi connectivity index (χ1) is 6.15. The lowest BCUT2D eigenvalue weighted by atomic mass is 10.1. The topological polar surface area (TPSA) is 59.4 Å². The van der Waals surface area contributed by atoms with Crippen LogP contribution in [0.4, 0.5) is 0 Å². The highest BCUT2D eigenvalue weighted by Gasteiger charge is 2.08. The van der Waals surface area contributed by atoms with Crippen LogP contribution in [0.5, 0.6) is 0 Å². The monoisotopic (exact) mass is 178 g/mol. The quantitative estimate of drug-likeness (QED) is 0.526. The van der Waals surface area contributed by atoms with Gasteiger partial charge in [0.1, 0.15) is 6.04 Å². The van der Waals surface area contributed by atoms with E-state index in [1.165, 1.54) is 13.1 Å². The van der Waals surface area contributed by atoms with Crippen LogP contribution in [0.2, 0.25) is 0 Å². The van der Waals surface area contributed by atoms with Gasteiger partial charge in [-0.15, -0.1) is 0 Å². The third-order valence-corrected chi connectivity index (χ3v) is 1.77. The number of ketones is 1. The normalized spacial score (nSPS) is 12.2. The lowest BCUT2D eigenvalue weighted by Crippen LogP contribution is -1.98. The Morgan fingerprint density at radius 2 is 2.31 bits per heavy atom. The molecule has 13 heavy (non-hydrogen) atoms. The molecule has 68 valence electrons. The molecule has 0 saturated carbocycles. The van der Waals surface area contributed by atoms with E-state index in [-0.39, 0.29) is 5.78 Å². The van der Waals surface area contributed by atoms with E-state index in [4.69, 9.17) is 0 Å². The summed E-state index contributed by atoms with van der Waals surface area (Å²) in [7, 11) is 0. The van der Waals surface area contributed by atoms with Gasteiger partial charge < -0.3 is 0 Å². The van der Waals surface area contributed by atoms with Gasteiger partial charge >= 0.3 is 0 Å². The Morgan fingerprint density at radius 3 is 2.85 bits per heavy atom. The fourth-order valence-electron chi connectivity index (χ4n) is 0.950. The zero-order chi connectivity index (χ0) is 9.84. The van der Waals surface area contributed by atoms with Gasteiger partial charge in [0, 0.05) is 11.8 Å². The molecule has 0 aliphatic rings. The molecule has 0 N–H and O–H groups in total. The maximum atomic E-state index is 11.0. The predicted molar refractivity (Wildman–Crippen MR) is 48.5 cm³/mol. The Balaban J connectivity index is 3.04. The van der Waals surface area contributed by atoms with Gasteiger partial charge in [0.15, 0.2) is 5.78 Å². The van der Waals surface area contributed by atoms with E-state index in [1.54, 1.807) is 19.1 Å². The van der Waals surface area contributed by atoms with Crippen molar-refractivity contribution in [2.45, 2.75) is 19.9 Å². The molecular formula is C9H10N2O2. The van der Waals surface area contributed by atoms with Crippen LogP contribution >= 0.6 is 0 Å². The molecule has 1 rings (SSSR count). The molecule has 0 spiro atoms. The number of rotatable bonds is 3. The van der Waals surface area contributed by atoms with Crippen LogP contribution in [0.3, 0.4) is 0 Å². The lowest BCUT2D eigenvalue weighted by Gasteiger charge is -2.02. The van der Waals surface area contributed by atoms with Gasteiger partial charge in [-0.2, -0.15) is 4.91 Å². The first-order valence-corrected chi connectivity index (χ1v) is 3.94. The molecule has 0 saturated heterocycles. The van der Waals surface area contributed by atoms with Crippen molar-refractivity contribution >= 4 is 5.78 Å². The Labute approximate surface area is 76.0 Å². The highest BCUT2D eigenvalue weighted by Crippen LogP contribution is 2.14. The van der Waals surface area contributed by atoms with Crippen molar-refractivity contribution in [1.29, 1.82) is 0 Å². The second-order valence-electron chi connectivity index (χ2n) is 2.81. The summed E-state index contributed by atoms with van der Waals surface area (Å²) in [6.45, 7) is 3.11. The molecule has 4 heteroatoms. The Bertz CT molecular complexity index is 336. The van der Waals surface area contributed by atoms with Gasteiger partial charge in [0.2, 0.25) is 0 Å². The minimum atomic E-state index is -0.501. The van der Waals surface area contributed by atoms with Gasteiger partial charge in [-0.25, -0.2) is 0 Å². The van der Waals surface area contributed by atoms with Gasteiger partial charge in [0.25, 0.3) is 0 Å². The number of hydrogen-bond donors (Lipinski definition) is 0. The molecule has 1 unspecified atom stereocenters. The van der Waals surface area contributed by atoms with Crippen molar-refractivity contribution in [2.24, 2.45) is 5.18 Å². The van der Waals surface area contributed by atoms with Crippen molar-refractivity contribution < 1.29 is 4.79 Å². The van der Waals surface area contributed by atoms with Gasteiger partial charge in [-0.05, 0) is 26.0 Å². The largest absolute Gasteiger partial charge is 0.295 e. The van der Waals surface area contributed by atoms with E-state index >= 15 is 0 Å². The molecule has 0 radical (unpaired) electrons. The van der Waals surface area contributed by atoms with E-state index in [2.05, 4.69) is 10.2 Å². The van der Waals surface area contributed by atoms with Crippen molar-refractivity contribution in [3.05, 3.63) is 34.5 Å². The Morgan fingerprint density at radius 1 is 1.62 bits per heavy atom. The number of carbonyl (C=O) groups is 1.